The van der Waals surface area contributed by atoms with Gasteiger partial charge in [-0.2, -0.15) is 0 Å². The Labute approximate surface area is 68.0 Å². The highest BCUT2D eigenvalue weighted by atomic mass is 16.1. The van der Waals surface area contributed by atoms with Gasteiger partial charge in [0.25, 0.3) is 0 Å². The molecule has 0 radical (unpaired) electrons. The van der Waals surface area contributed by atoms with E-state index in [0.717, 1.165) is 32.5 Å². The fourth-order valence-electron chi connectivity index (χ4n) is 1.60. The number of nitrogens with zero attached hydrogens (tertiary/aromatic N) is 2. The number of hydrogen-bond donors (Lipinski definition) is 0. The Morgan fingerprint density at radius 2 is 2.45 bits per heavy atom. The van der Waals surface area contributed by atoms with E-state index in [1.54, 1.807) is 0 Å². The van der Waals surface area contributed by atoms with E-state index in [9.17, 15) is 4.79 Å². The molecule has 64 valence electrons. The van der Waals surface area contributed by atoms with Crippen molar-refractivity contribution in [1.29, 1.82) is 0 Å². The van der Waals surface area contributed by atoms with Crippen molar-refractivity contribution in [3.05, 3.63) is 0 Å². The lowest BCUT2D eigenvalue weighted by molar-refractivity contribution is -0.119. The van der Waals surface area contributed by atoms with E-state index < -0.39 is 0 Å². The van der Waals surface area contributed by atoms with Gasteiger partial charge in [0.15, 0.2) is 0 Å². The van der Waals surface area contributed by atoms with Crippen LogP contribution in [0.3, 0.4) is 0 Å². The molecule has 0 aromatic heterocycles. The van der Waals surface area contributed by atoms with Gasteiger partial charge in [-0.3, -0.25) is 4.79 Å². The van der Waals surface area contributed by atoms with E-state index in [1.165, 1.54) is 0 Å². The lowest BCUT2D eigenvalue weighted by atomic mass is 10.2. The summed E-state index contributed by atoms with van der Waals surface area (Å²) in [4.78, 5) is 14.7. The van der Waals surface area contributed by atoms with E-state index >= 15 is 0 Å². The molecule has 3 nitrogen and oxygen atoms in total. The van der Waals surface area contributed by atoms with Crippen LogP contribution in [0.25, 0.3) is 0 Å². The third-order valence-electron chi connectivity index (χ3n) is 2.34. The minimum absolute atomic E-state index is 0.461. The maximum atomic E-state index is 10.5. The Bertz CT molecular complexity index is 138. The van der Waals surface area contributed by atoms with E-state index in [4.69, 9.17) is 0 Å². The summed E-state index contributed by atoms with van der Waals surface area (Å²) in [7, 11) is 2.10. The SMILES string of the molecule is CCN(C=O)[C@H]1CCN(C)C1. The average molecular weight is 156 g/mol. The third-order valence-corrected chi connectivity index (χ3v) is 2.34. The maximum absolute atomic E-state index is 10.5. The van der Waals surface area contributed by atoms with Crippen LogP contribution in [0.2, 0.25) is 0 Å². The molecule has 0 aromatic rings. The van der Waals surface area contributed by atoms with Crippen molar-refractivity contribution in [3.63, 3.8) is 0 Å². The predicted molar refractivity (Wildman–Crippen MR) is 44.3 cm³/mol. The van der Waals surface area contributed by atoms with Crippen LogP contribution < -0.4 is 0 Å². The van der Waals surface area contributed by atoms with Crippen LogP contribution >= 0.6 is 0 Å². The van der Waals surface area contributed by atoms with Crippen LogP contribution in [0.4, 0.5) is 0 Å². The number of carbonyl (C=O) groups is 1. The van der Waals surface area contributed by atoms with Gasteiger partial charge < -0.3 is 9.80 Å². The third kappa shape index (κ3) is 1.93. The van der Waals surface area contributed by atoms with Crippen molar-refractivity contribution in [2.45, 2.75) is 19.4 Å². The predicted octanol–water partition coefficient (Wildman–Crippen LogP) is 0.169. The van der Waals surface area contributed by atoms with Crippen molar-refractivity contribution in [3.8, 4) is 0 Å². The zero-order valence-corrected chi connectivity index (χ0v) is 7.29. The quantitative estimate of drug-likeness (QED) is 0.544. The van der Waals surface area contributed by atoms with Gasteiger partial charge in [-0.05, 0) is 26.9 Å². The molecule has 0 unspecified atom stereocenters. The van der Waals surface area contributed by atoms with Gasteiger partial charge in [0, 0.05) is 19.1 Å². The Kier molecular flexibility index (Phi) is 2.88. The van der Waals surface area contributed by atoms with Crippen molar-refractivity contribution in [2.24, 2.45) is 0 Å². The number of amides is 1. The van der Waals surface area contributed by atoms with Crippen molar-refractivity contribution < 1.29 is 4.79 Å². The van der Waals surface area contributed by atoms with Crippen LogP contribution in [0.15, 0.2) is 0 Å². The molecule has 1 atom stereocenters. The van der Waals surface area contributed by atoms with Gasteiger partial charge in [-0.1, -0.05) is 0 Å². The summed E-state index contributed by atoms with van der Waals surface area (Å²) in [5, 5.41) is 0. The molecule has 0 aliphatic carbocycles. The first kappa shape index (κ1) is 8.53. The Hall–Kier alpha value is -0.570. The molecular formula is C8H16N2O. The van der Waals surface area contributed by atoms with E-state index in [2.05, 4.69) is 11.9 Å². The van der Waals surface area contributed by atoms with E-state index in [-0.39, 0.29) is 0 Å². The lowest BCUT2D eigenvalue weighted by Crippen LogP contribution is -2.35. The standard InChI is InChI=1S/C8H16N2O/c1-3-10(7-11)8-4-5-9(2)6-8/h7-8H,3-6H2,1-2H3/t8-/m0/s1. The van der Waals surface area contributed by atoms with Gasteiger partial charge >= 0.3 is 0 Å². The number of likely N-dealkylation sites (tertiary alicyclic amines) is 1. The molecule has 0 bridgehead atoms. The molecule has 1 heterocycles. The van der Waals surface area contributed by atoms with E-state index in [0.29, 0.717) is 6.04 Å². The fraction of sp³-hybridized carbons (Fsp3) is 0.875. The summed E-state index contributed by atoms with van der Waals surface area (Å²) in [6, 6.07) is 0.461. The molecular weight excluding hydrogens is 140 g/mol. The minimum atomic E-state index is 0.461. The molecule has 11 heavy (non-hydrogen) atoms. The summed E-state index contributed by atoms with van der Waals surface area (Å²) >= 11 is 0. The highest BCUT2D eigenvalue weighted by Crippen LogP contribution is 2.11. The summed E-state index contributed by atoms with van der Waals surface area (Å²) in [5.74, 6) is 0. The topological polar surface area (TPSA) is 23.6 Å². The van der Waals surface area contributed by atoms with Crippen molar-refractivity contribution >= 4 is 6.41 Å². The summed E-state index contributed by atoms with van der Waals surface area (Å²) < 4.78 is 0. The first-order chi connectivity index (χ1) is 5.27. The van der Waals surface area contributed by atoms with Crippen LogP contribution in [0.1, 0.15) is 13.3 Å². The second-order valence-electron chi connectivity index (χ2n) is 3.14. The van der Waals surface area contributed by atoms with Gasteiger partial charge in [0.2, 0.25) is 6.41 Å². The normalized spacial score (nSPS) is 25.5. The number of hydrogen-bond acceptors (Lipinski definition) is 2. The molecule has 0 aromatic carbocycles. The highest BCUT2D eigenvalue weighted by molar-refractivity contribution is 5.47. The molecule has 0 spiro atoms. The van der Waals surface area contributed by atoms with Gasteiger partial charge in [-0.25, -0.2) is 0 Å². The second kappa shape index (κ2) is 3.72. The van der Waals surface area contributed by atoms with Crippen LogP contribution in [-0.4, -0.2) is 48.9 Å². The number of rotatable bonds is 3. The second-order valence-corrected chi connectivity index (χ2v) is 3.14. The molecule has 0 N–H and O–H groups in total. The molecule has 1 amide bonds. The molecule has 3 heteroatoms. The first-order valence-electron chi connectivity index (χ1n) is 4.17. The average Bonchev–Trinajstić information content (AvgIpc) is 2.39. The molecule has 1 rings (SSSR count). The monoisotopic (exact) mass is 156 g/mol. The van der Waals surface area contributed by atoms with Gasteiger partial charge in [-0.15, -0.1) is 0 Å². The summed E-state index contributed by atoms with van der Waals surface area (Å²) in [6.45, 7) is 5.01. The highest BCUT2D eigenvalue weighted by Gasteiger charge is 2.23. The molecule has 1 fully saturated rings. The minimum Gasteiger partial charge on any atom is -0.341 e. The Morgan fingerprint density at radius 1 is 1.73 bits per heavy atom. The van der Waals surface area contributed by atoms with Crippen molar-refractivity contribution in [1.82, 2.24) is 9.80 Å². The zero-order chi connectivity index (χ0) is 8.27. The smallest absolute Gasteiger partial charge is 0.209 e. The fourth-order valence-corrected chi connectivity index (χ4v) is 1.60. The Morgan fingerprint density at radius 3 is 2.82 bits per heavy atom. The van der Waals surface area contributed by atoms with Crippen LogP contribution in [0, 0.1) is 0 Å². The molecule has 1 saturated heterocycles. The van der Waals surface area contributed by atoms with Crippen molar-refractivity contribution in [2.75, 3.05) is 26.7 Å². The zero-order valence-electron chi connectivity index (χ0n) is 7.29. The lowest BCUT2D eigenvalue weighted by Gasteiger charge is -2.22. The number of carbonyl (C=O) groups excluding carboxylic acids is 1. The number of likely N-dealkylation sites (N-methyl/N-ethyl adjacent to an activating group) is 2. The Balaban J connectivity index is 2.40. The summed E-state index contributed by atoms with van der Waals surface area (Å²) in [5.41, 5.74) is 0. The first-order valence-corrected chi connectivity index (χ1v) is 4.17. The van der Waals surface area contributed by atoms with Gasteiger partial charge in [0.05, 0.1) is 0 Å². The van der Waals surface area contributed by atoms with E-state index in [1.807, 2.05) is 11.8 Å². The largest absolute Gasteiger partial charge is 0.341 e. The maximum Gasteiger partial charge on any atom is 0.209 e. The van der Waals surface area contributed by atoms with Gasteiger partial charge in [0.1, 0.15) is 0 Å². The molecule has 1 aliphatic heterocycles. The molecule has 1 aliphatic rings. The molecule has 0 saturated carbocycles. The van der Waals surface area contributed by atoms with Crippen LogP contribution in [0.5, 0.6) is 0 Å². The summed E-state index contributed by atoms with van der Waals surface area (Å²) in [6.07, 6.45) is 2.09. The van der Waals surface area contributed by atoms with Crippen LogP contribution in [-0.2, 0) is 4.79 Å².